The van der Waals surface area contributed by atoms with E-state index in [-0.39, 0.29) is 25.2 Å². The number of hydrogen-bond acceptors (Lipinski definition) is 2. The van der Waals surface area contributed by atoms with Gasteiger partial charge in [-0.1, -0.05) is 21.3 Å². The third-order valence-electron chi connectivity index (χ3n) is 1.02. The molecule has 0 amide bonds. The van der Waals surface area contributed by atoms with Gasteiger partial charge in [-0.05, 0) is 6.92 Å². The van der Waals surface area contributed by atoms with E-state index in [1.165, 1.54) is 0 Å². The number of nitrogens with two attached hydrogens (primary N) is 1. The van der Waals surface area contributed by atoms with Crippen molar-refractivity contribution in [3.8, 4) is 0 Å². The van der Waals surface area contributed by atoms with Crippen LogP contribution < -0.4 is 5.73 Å². The highest BCUT2D eigenvalue weighted by Crippen LogP contribution is 1.95. The van der Waals surface area contributed by atoms with Crippen molar-refractivity contribution >= 4 is 5.78 Å². The summed E-state index contributed by atoms with van der Waals surface area (Å²) < 4.78 is 0. The zero-order valence-corrected chi connectivity index (χ0v) is 5.64. The lowest BCUT2D eigenvalue weighted by Gasteiger charge is -2.05. The van der Waals surface area contributed by atoms with Gasteiger partial charge in [-0.15, -0.1) is 0 Å². The summed E-state index contributed by atoms with van der Waals surface area (Å²) in [5.74, 6) is 0.208. The molecule has 0 unspecified atom stereocenters. The molecule has 0 radical (unpaired) electrons. The summed E-state index contributed by atoms with van der Waals surface area (Å²) in [7, 11) is 0. The minimum absolute atomic E-state index is 0. The van der Waals surface area contributed by atoms with Crippen molar-refractivity contribution in [3.05, 3.63) is 0 Å². The summed E-state index contributed by atoms with van der Waals surface area (Å²) in [5.41, 5.74) is 5.29. The third-order valence-corrected chi connectivity index (χ3v) is 1.02. The summed E-state index contributed by atoms with van der Waals surface area (Å²) in [5, 5.41) is 0. The molecule has 0 fully saturated rings. The Morgan fingerprint density at radius 3 is 1.67 bits per heavy atom. The number of hydrogen-bond donors (Lipinski definition) is 1. The first kappa shape index (κ1) is 11.4. The fraction of sp³-hybridized carbons (Fsp3) is 0.857. The van der Waals surface area contributed by atoms with Gasteiger partial charge in [0.2, 0.25) is 0 Å². The molecule has 0 heterocycles. The van der Waals surface area contributed by atoms with Crippen LogP contribution in [0.1, 0.15) is 28.2 Å². The Bertz CT molecular complexity index is 76.9. The molecule has 0 aromatic rings. The van der Waals surface area contributed by atoms with Crippen molar-refractivity contribution in [3.63, 3.8) is 0 Å². The molecule has 0 spiro atoms. The molecule has 0 aromatic carbocycles. The van der Waals surface area contributed by atoms with Crippen LogP contribution in [0.4, 0.5) is 0 Å². The lowest BCUT2D eigenvalue weighted by Crippen LogP contribution is -2.30. The van der Waals surface area contributed by atoms with E-state index in [0.29, 0.717) is 0 Å². The van der Waals surface area contributed by atoms with E-state index in [1.54, 1.807) is 6.92 Å². The van der Waals surface area contributed by atoms with Gasteiger partial charge in [-0.3, -0.25) is 4.79 Å². The number of rotatable bonds is 2. The van der Waals surface area contributed by atoms with Gasteiger partial charge in [0, 0.05) is 5.92 Å². The van der Waals surface area contributed by atoms with Gasteiger partial charge < -0.3 is 5.73 Å². The second kappa shape index (κ2) is 4.50. The molecule has 2 nitrogen and oxygen atoms in total. The Morgan fingerprint density at radius 2 is 1.67 bits per heavy atom. The van der Waals surface area contributed by atoms with E-state index in [2.05, 4.69) is 0 Å². The van der Waals surface area contributed by atoms with E-state index in [0.717, 1.165) is 0 Å². The quantitative estimate of drug-likeness (QED) is 0.611. The molecule has 0 aliphatic rings. The van der Waals surface area contributed by atoms with Crippen molar-refractivity contribution in [2.45, 2.75) is 34.2 Å². The second-order valence-electron chi connectivity index (χ2n) is 2.35. The van der Waals surface area contributed by atoms with Crippen LogP contribution in [0.3, 0.4) is 0 Å². The van der Waals surface area contributed by atoms with Crippen molar-refractivity contribution in [2.24, 2.45) is 11.7 Å². The molecule has 0 aliphatic heterocycles. The third kappa shape index (κ3) is 4.15. The summed E-state index contributed by atoms with van der Waals surface area (Å²) in [6.07, 6.45) is 0. The smallest absolute Gasteiger partial charge is 0.151 e. The maximum Gasteiger partial charge on any atom is 0.151 e. The fourth-order valence-corrected chi connectivity index (χ4v) is 0.526. The Hall–Kier alpha value is -0.370. The van der Waals surface area contributed by atoms with Crippen molar-refractivity contribution < 1.29 is 4.79 Å². The van der Waals surface area contributed by atoms with Gasteiger partial charge >= 0.3 is 0 Å². The molecular formula is C7H17NO. The average molecular weight is 131 g/mol. The van der Waals surface area contributed by atoms with Crippen LogP contribution in [0.2, 0.25) is 0 Å². The second-order valence-corrected chi connectivity index (χ2v) is 2.35. The first-order valence-corrected chi connectivity index (χ1v) is 2.85. The van der Waals surface area contributed by atoms with Gasteiger partial charge in [0.15, 0.2) is 5.78 Å². The molecule has 0 saturated heterocycles. The number of carbonyl (C=O) groups excluding carboxylic acids is 1. The molecular weight excluding hydrogens is 114 g/mol. The molecule has 0 rings (SSSR count). The minimum Gasteiger partial charge on any atom is -0.322 e. The highest BCUT2D eigenvalue weighted by molar-refractivity contribution is 5.84. The zero-order valence-electron chi connectivity index (χ0n) is 5.64. The predicted octanol–water partition coefficient (Wildman–Crippen LogP) is 1.19. The lowest BCUT2D eigenvalue weighted by atomic mass is 10.0. The zero-order chi connectivity index (χ0) is 6.73. The number of Topliss-reactive ketones (excluding diaryl/α,β-unsaturated/α-hetero) is 1. The Labute approximate surface area is 57.4 Å². The number of carbonyl (C=O) groups is 1. The summed E-state index contributed by atoms with van der Waals surface area (Å²) in [6.45, 7) is 5.42. The SMILES string of the molecule is C.CC(C)C(=O)[C@@H](C)N. The summed E-state index contributed by atoms with van der Waals surface area (Å²) in [6, 6.07) is -0.296. The van der Waals surface area contributed by atoms with Crippen LogP contribution in [0.25, 0.3) is 0 Å². The van der Waals surface area contributed by atoms with E-state index in [4.69, 9.17) is 5.73 Å². The van der Waals surface area contributed by atoms with Crippen molar-refractivity contribution in [1.82, 2.24) is 0 Å². The van der Waals surface area contributed by atoms with Gasteiger partial charge in [-0.2, -0.15) is 0 Å². The monoisotopic (exact) mass is 131 g/mol. The summed E-state index contributed by atoms with van der Waals surface area (Å²) >= 11 is 0. The maximum absolute atomic E-state index is 10.7. The Morgan fingerprint density at radius 1 is 1.33 bits per heavy atom. The van der Waals surface area contributed by atoms with Crippen molar-refractivity contribution in [1.29, 1.82) is 0 Å². The molecule has 0 bridgehead atoms. The minimum atomic E-state index is -0.296. The highest BCUT2D eigenvalue weighted by atomic mass is 16.1. The van der Waals surface area contributed by atoms with Crippen molar-refractivity contribution in [2.75, 3.05) is 0 Å². The highest BCUT2D eigenvalue weighted by Gasteiger charge is 2.10. The number of ketones is 1. The van der Waals surface area contributed by atoms with Gasteiger partial charge in [0.25, 0.3) is 0 Å². The van der Waals surface area contributed by atoms with Gasteiger partial charge in [-0.25, -0.2) is 0 Å². The molecule has 0 aromatic heterocycles. The van der Waals surface area contributed by atoms with Crippen LogP contribution in [-0.4, -0.2) is 11.8 Å². The molecule has 2 heteroatoms. The van der Waals surface area contributed by atoms with Crippen LogP contribution in [-0.2, 0) is 4.79 Å². The lowest BCUT2D eigenvalue weighted by molar-refractivity contribution is -0.122. The molecule has 1 atom stereocenters. The van der Waals surface area contributed by atoms with Crippen LogP contribution in [0.5, 0.6) is 0 Å². The van der Waals surface area contributed by atoms with E-state index in [9.17, 15) is 4.79 Å². The molecule has 2 N–H and O–H groups in total. The van der Waals surface area contributed by atoms with Gasteiger partial charge in [0.1, 0.15) is 0 Å². The Balaban J connectivity index is 0. The standard InChI is InChI=1S/C6H13NO.CH4/c1-4(2)6(8)5(3)7;/h4-5H,7H2,1-3H3;1H4/t5-;/m1./s1. The van der Waals surface area contributed by atoms with Crippen LogP contribution in [0, 0.1) is 5.92 Å². The van der Waals surface area contributed by atoms with Gasteiger partial charge in [0.05, 0.1) is 6.04 Å². The van der Waals surface area contributed by atoms with Crippen LogP contribution in [0.15, 0.2) is 0 Å². The van der Waals surface area contributed by atoms with E-state index < -0.39 is 0 Å². The molecule has 56 valence electrons. The normalized spacial score (nSPS) is 12.6. The van der Waals surface area contributed by atoms with E-state index >= 15 is 0 Å². The largest absolute Gasteiger partial charge is 0.322 e. The average Bonchev–Trinajstić information content (AvgIpc) is 1.64. The fourth-order valence-electron chi connectivity index (χ4n) is 0.526. The first-order valence-electron chi connectivity index (χ1n) is 2.85. The van der Waals surface area contributed by atoms with E-state index in [1.807, 2.05) is 13.8 Å². The molecule has 0 saturated carbocycles. The maximum atomic E-state index is 10.7. The van der Waals surface area contributed by atoms with Crippen LogP contribution >= 0.6 is 0 Å². The summed E-state index contributed by atoms with van der Waals surface area (Å²) in [4.78, 5) is 10.7. The molecule has 0 aliphatic carbocycles. The first-order chi connectivity index (χ1) is 3.55. The Kier molecular flexibility index (Phi) is 5.72. The molecule has 9 heavy (non-hydrogen) atoms. The predicted molar refractivity (Wildman–Crippen MR) is 40.2 cm³/mol. The topological polar surface area (TPSA) is 43.1 Å².